The third kappa shape index (κ3) is 3.62. The maximum absolute atomic E-state index is 11.2. The maximum Gasteiger partial charge on any atom is 0.273 e. The number of benzene rings is 1. The lowest BCUT2D eigenvalue weighted by Gasteiger charge is -2.09. The first kappa shape index (κ1) is 13.8. The van der Waals surface area contributed by atoms with E-state index in [9.17, 15) is 14.9 Å². The number of carbonyl (C=O) groups is 1. The fourth-order valence-corrected chi connectivity index (χ4v) is 1.28. The molecule has 0 fully saturated rings. The van der Waals surface area contributed by atoms with Crippen molar-refractivity contribution in [3.8, 4) is 11.5 Å². The number of methoxy groups -OCH3 is 1. The Hall–Kier alpha value is -2.31. The van der Waals surface area contributed by atoms with E-state index in [-0.39, 0.29) is 29.7 Å². The zero-order valence-corrected chi connectivity index (χ0v) is 10.1. The van der Waals surface area contributed by atoms with Gasteiger partial charge in [-0.3, -0.25) is 14.9 Å². The van der Waals surface area contributed by atoms with E-state index in [1.54, 1.807) is 6.92 Å². The molecule has 0 unspecified atom stereocenters. The Bertz CT molecular complexity index is 447. The standard InChI is InChI=1S/C11H14N2O5/c1-3-12-11(14)7-18-9-5-4-8(13(15)16)6-10(9)17-2/h4-6H,3,7H2,1-2H3,(H,12,14). The Morgan fingerprint density at radius 1 is 1.44 bits per heavy atom. The van der Waals surface area contributed by atoms with Gasteiger partial charge in [-0.25, -0.2) is 0 Å². The fraction of sp³-hybridized carbons (Fsp3) is 0.364. The second-order valence-electron chi connectivity index (χ2n) is 3.33. The van der Waals surface area contributed by atoms with Gasteiger partial charge >= 0.3 is 0 Å². The van der Waals surface area contributed by atoms with Crippen LogP contribution in [0.2, 0.25) is 0 Å². The minimum Gasteiger partial charge on any atom is -0.493 e. The van der Waals surface area contributed by atoms with Gasteiger partial charge in [-0.05, 0) is 13.0 Å². The normalized spacial score (nSPS) is 9.67. The van der Waals surface area contributed by atoms with E-state index in [0.717, 1.165) is 0 Å². The summed E-state index contributed by atoms with van der Waals surface area (Å²) in [6, 6.07) is 3.93. The van der Waals surface area contributed by atoms with E-state index >= 15 is 0 Å². The van der Waals surface area contributed by atoms with Crippen molar-refractivity contribution in [2.75, 3.05) is 20.3 Å². The molecule has 18 heavy (non-hydrogen) atoms. The minimum absolute atomic E-state index is 0.0998. The van der Waals surface area contributed by atoms with Crippen LogP contribution in [0.25, 0.3) is 0 Å². The molecule has 0 aliphatic carbocycles. The number of ether oxygens (including phenoxy) is 2. The number of nitrogens with zero attached hydrogens (tertiary/aromatic N) is 1. The summed E-state index contributed by atoms with van der Waals surface area (Å²) < 4.78 is 10.2. The molecule has 98 valence electrons. The first-order valence-corrected chi connectivity index (χ1v) is 5.30. The van der Waals surface area contributed by atoms with Crippen molar-refractivity contribution in [1.82, 2.24) is 5.32 Å². The summed E-state index contributed by atoms with van der Waals surface area (Å²) in [4.78, 5) is 21.3. The molecule has 0 aromatic heterocycles. The number of carbonyl (C=O) groups excluding carboxylic acids is 1. The monoisotopic (exact) mass is 254 g/mol. The van der Waals surface area contributed by atoms with Crippen molar-refractivity contribution < 1.29 is 19.2 Å². The minimum atomic E-state index is -0.532. The van der Waals surface area contributed by atoms with Crippen LogP contribution in [0.1, 0.15) is 6.92 Å². The summed E-state index contributed by atoms with van der Waals surface area (Å²) in [5.41, 5.74) is -0.0998. The van der Waals surface area contributed by atoms with Crippen molar-refractivity contribution >= 4 is 11.6 Å². The molecule has 0 radical (unpaired) electrons. The van der Waals surface area contributed by atoms with Gasteiger partial charge in [0.15, 0.2) is 18.1 Å². The lowest BCUT2D eigenvalue weighted by atomic mass is 10.3. The maximum atomic E-state index is 11.2. The molecule has 0 atom stereocenters. The molecule has 7 heteroatoms. The summed E-state index contributed by atoms with van der Waals surface area (Å²) in [7, 11) is 1.37. The zero-order chi connectivity index (χ0) is 13.5. The molecule has 0 heterocycles. The number of nitrogens with one attached hydrogen (secondary N) is 1. The largest absolute Gasteiger partial charge is 0.493 e. The SMILES string of the molecule is CCNC(=O)COc1ccc([N+](=O)[O-])cc1OC. The van der Waals surface area contributed by atoms with Gasteiger partial charge in [0.1, 0.15) is 0 Å². The average molecular weight is 254 g/mol. The molecule has 1 rings (SSSR count). The average Bonchev–Trinajstić information content (AvgIpc) is 2.36. The van der Waals surface area contributed by atoms with E-state index in [4.69, 9.17) is 9.47 Å². The van der Waals surface area contributed by atoms with Gasteiger partial charge in [-0.15, -0.1) is 0 Å². The fourth-order valence-electron chi connectivity index (χ4n) is 1.28. The second kappa shape index (κ2) is 6.43. The first-order chi connectivity index (χ1) is 8.58. The van der Waals surface area contributed by atoms with Gasteiger partial charge in [0, 0.05) is 12.6 Å². The predicted octanol–water partition coefficient (Wildman–Crippen LogP) is 1.12. The van der Waals surface area contributed by atoms with Crippen LogP contribution in [0.5, 0.6) is 11.5 Å². The van der Waals surface area contributed by atoms with E-state index in [0.29, 0.717) is 6.54 Å². The van der Waals surface area contributed by atoms with E-state index in [2.05, 4.69) is 5.32 Å². The number of likely N-dealkylation sites (N-methyl/N-ethyl adjacent to an activating group) is 1. The molecule has 0 bridgehead atoms. The van der Waals surface area contributed by atoms with Crippen molar-refractivity contribution in [2.24, 2.45) is 0 Å². The summed E-state index contributed by atoms with van der Waals surface area (Å²) in [6.07, 6.45) is 0. The molecule has 0 spiro atoms. The Morgan fingerprint density at radius 2 is 2.17 bits per heavy atom. The molecular formula is C11H14N2O5. The van der Waals surface area contributed by atoms with Crippen LogP contribution in [-0.4, -0.2) is 31.1 Å². The van der Waals surface area contributed by atoms with Crippen molar-refractivity contribution in [3.63, 3.8) is 0 Å². The molecule has 7 nitrogen and oxygen atoms in total. The van der Waals surface area contributed by atoms with Gasteiger partial charge in [-0.1, -0.05) is 0 Å². The molecule has 1 amide bonds. The highest BCUT2D eigenvalue weighted by Gasteiger charge is 2.13. The van der Waals surface area contributed by atoms with Crippen LogP contribution < -0.4 is 14.8 Å². The molecule has 0 saturated heterocycles. The summed E-state index contributed by atoms with van der Waals surface area (Å²) >= 11 is 0. The topological polar surface area (TPSA) is 90.7 Å². The molecule has 0 saturated carbocycles. The Kier molecular flexibility index (Phi) is 4.91. The Morgan fingerprint density at radius 3 is 2.72 bits per heavy atom. The third-order valence-electron chi connectivity index (χ3n) is 2.09. The van der Waals surface area contributed by atoms with Crippen molar-refractivity contribution in [2.45, 2.75) is 6.92 Å². The molecule has 0 aliphatic rings. The zero-order valence-electron chi connectivity index (χ0n) is 10.1. The predicted molar refractivity (Wildman–Crippen MR) is 63.8 cm³/mol. The Labute approximate surface area is 104 Å². The highest BCUT2D eigenvalue weighted by atomic mass is 16.6. The van der Waals surface area contributed by atoms with E-state index in [1.807, 2.05) is 0 Å². The third-order valence-corrected chi connectivity index (χ3v) is 2.09. The molecule has 1 N–H and O–H groups in total. The van der Waals surface area contributed by atoms with Crippen molar-refractivity contribution in [1.29, 1.82) is 0 Å². The highest BCUT2D eigenvalue weighted by Crippen LogP contribution is 2.30. The Balaban J connectivity index is 2.76. The lowest BCUT2D eigenvalue weighted by Crippen LogP contribution is -2.28. The highest BCUT2D eigenvalue weighted by molar-refractivity contribution is 5.77. The van der Waals surface area contributed by atoms with E-state index in [1.165, 1.54) is 25.3 Å². The number of nitro benzene ring substituents is 1. The van der Waals surface area contributed by atoms with E-state index < -0.39 is 4.92 Å². The number of hydrogen-bond acceptors (Lipinski definition) is 5. The number of amides is 1. The van der Waals surface area contributed by atoms with Crippen LogP contribution in [0.15, 0.2) is 18.2 Å². The number of nitro groups is 1. The number of non-ortho nitro benzene ring substituents is 1. The molecule has 0 aliphatic heterocycles. The summed E-state index contributed by atoms with van der Waals surface area (Å²) in [5.74, 6) is 0.237. The van der Waals surface area contributed by atoms with Gasteiger partial charge in [0.05, 0.1) is 18.1 Å². The molecule has 1 aromatic carbocycles. The summed E-state index contributed by atoms with van der Waals surface area (Å²) in [6.45, 7) is 2.14. The van der Waals surface area contributed by atoms with Crippen LogP contribution in [0, 0.1) is 10.1 Å². The quantitative estimate of drug-likeness (QED) is 0.606. The van der Waals surface area contributed by atoms with Crippen molar-refractivity contribution in [3.05, 3.63) is 28.3 Å². The number of rotatable bonds is 6. The van der Waals surface area contributed by atoms with Crippen LogP contribution in [0.3, 0.4) is 0 Å². The summed E-state index contributed by atoms with van der Waals surface area (Å²) in [5, 5.41) is 13.1. The van der Waals surface area contributed by atoms with Crippen LogP contribution in [0.4, 0.5) is 5.69 Å². The number of hydrogen-bond donors (Lipinski definition) is 1. The lowest BCUT2D eigenvalue weighted by molar-refractivity contribution is -0.384. The van der Waals surface area contributed by atoms with Gasteiger partial charge < -0.3 is 14.8 Å². The molecule has 1 aromatic rings. The van der Waals surface area contributed by atoms with Gasteiger partial charge in [0.25, 0.3) is 11.6 Å². The van der Waals surface area contributed by atoms with Crippen LogP contribution in [-0.2, 0) is 4.79 Å². The van der Waals surface area contributed by atoms with Crippen LogP contribution >= 0.6 is 0 Å². The molecular weight excluding hydrogens is 240 g/mol. The first-order valence-electron chi connectivity index (χ1n) is 5.30. The smallest absolute Gasteiger partial charge is 0.273 e. The van der Waals surface area contributed by atoms with Gasteiger partial charge in [0.2, 0.25) is 0 Å². The second-order valence-corrected chi connectivity index (χ2v) is 3.33. The van der Waals surface area contributed by atoms with Gasteiger partial charge in [-0.2, -0.15) is 0 Å².